The van der Waals surface area contributed by atoms with Crippen LogP contribution >= 0.6 is 12.4 Å². The third-order valence-electron chi connectivity index (χ3n) is 3.95. The van der Waals surface area contributed by atoms with E-state index in [4.69, 9.17) is 4.74 Å². The number of hydrogen-bond acceptors (Lipinski definition) is 4. The second-order valence-electron chi connectivity index (χ2n) is 5.68. The lowest BCUT2D eigenvalue weighted by molar-refractivity contribution is 0.0931. The highest BCUT2D eigenvalue weighted by Gasteiger charge is 2.22. The molecule has 0 bridgehead atoms. The number of hydrogen-bond donors (Lipinski definition) is 2. The summed E-state index contributed by atoms with van der Waals surface area (Å²) in [5.74, 6) is -0.706. The van der Waals surface area contributed by atoms with E-state index >= 15 is 0 Å². The first-order chi connectivity index (χ1) is 11.6. The molecule has 6 nitrogen and oxygen atoms in total. The van der Waals surface area contributed by atoms with Gasteiger partial charge < -0.3 is 20.3 Å². The third-order valence-corrected chi connectivity index (χ3v) is 3.95. The molecule has 1 heterocycles. The van der Waals surface area contributed by atoms with Gasteiger partial charge in [0.25, 0.3) is 5.91 Å². The number of benzene rings is 1. The summed E-state index contributed by atoms with van der Waals surface area (Å²) in [6.45, 7) is 4.63. The Labute approximate surface area is 153 Å². The van der Waals surface area contributed by atoms with Crippen molar-refractivity contribution in [2.24, 2.45) is 0 Å². The second-order valence-corrected chi connectivity index (χ2v) is 5.68. The van der Waals surface area contributed by atoms with Crippen molar-refractivity contribution >= 4 is 24.4 Å². The van der Waals surface area contributed by atoms with Crippen LogP contribution in [0.1, 0.15) is 30.1 Å². The minimum atomic E-state index is -0.422. The molecule has 0 aromatic heterocycles. The van der Waals surface area contributed by atoms with Gasteiger partial charge in [0.05, 0.1) is 6.61 Å². The zero-order chi connectivity index (χ0) is 17.4. The van der Waals surface area contributed by atoms with E-state index in [2.05, 4.69) is 10.6 Å². The van der Waals surface area contributed by atoms with Gasteiger partial charge in [-0.1, -0.05) is 6.07 Å². The average Bonchev–Trinajstić information content (AvgIpc) is 2.59. The minimum absolute atomic E-state index is 0. The minimum Gasteiger partial charge on any atom is -0.450 e. The highest BCUT2D eigenvalue weighted by atomic mass is 35.5. The van der Waals surface area contributed by atoms with Crippen LogP contribution in [-0.4, -0.2) is 55.7 Å². The average molecular weight is 374 g/mol. The number of amides is 2. The van der Waals surface area contributed by atoms with E-state index in [1.54, 1.807) is 17.9 Å². The van der Waals surface area contributed by atoms with E-state index in [9.17, 15) is 14.0 Å². The summed E-state index contributed by atoms with van der Waals surface area (Å²) in [6, 6.07) is 5.94. The Morgan fingerprint density at radius 1 is 1.28 bits per heavy atom. The Morgan fingerprint density at radius 3 is 2.64 bits per heavy atom. The largest absolute Gasteiger partial charge is 0.450 e. The van der Waals surface area contributed by atoms with Crippen LogP contribution in [0.5, 0.6) is 0 Å². The van der Waals surface area contributed by atoms with Crippen LogP contribution in [0.15, 0.2) is 24.3 Å². The lowest BCUT2D eigenvalue weighted by Crippen LogP contribution is -2.46. The summed E-state index contributed by atoms with van der Waals surface area (Å²) in [5, 5.41) is 6.12. The first-order valence-corrected chi connectivity index (χ1v) is 8.29. The van der Waals surface area contributed by atoms with Crippen LogP contribution in [0.2, 0.25) is 0 Å². The predicted octanol–water partition coefficient (Wildman–Crippen LogP) is 2.19. The second kappa shape index (κ2) is 10.9. The zero-order valence-electron chi connectivity index (χ0n) is 14.3. The van der Waals surface area contributed by atoms with Gasteiger partial charge in [0.15, 0.2) is 0 Å². The van der Waals surface area contributed by atoms with Gasteiger partial charge in [-0.15, -0.1) is 12.4 Å². The topological polar surface area (TPSA) is 70.7 Å². The van der Waals surface area contributed by atoms with Crippen molar-refractivity contribution in [2.75, 3.05) is 32.8 Å². The molecule has 1 aromatic rings. The van der Waals surface area contributed by atoms with Crippen molar-refractivity contribution in [1.29, 1.82) is 0 Å². The summed E-state index contributed by atoms with van der Waals surface area (Å²) >= 11 is 0. The SMILES string of the molecule is CCOC(=O)N1CCC(NCCNC(=O)c2cccc(F)c2)CC1.Cl. The Balaban J connectivity index is 0.00000312. The number of rotatable bonds is 6. The molecule has 0 unspecified atom stereocenters. The number of nitrogens with one attached hydrogen (secondary N) is 2. The Hall–Kier alpha value is -1.86. The smallest absolute Gasteiger partial charge is 0.409 e. The highest BCUT2D eigenvalue weighted by Crippen LogP contribution is 2.11. The summed E-state index contributed by atoms with van der Waals surface area (Å²) in [7, 11) is 0. The highest BCUT2D eigenvalue weighted by molar-refractivity contribution is 5.94. The maximum atomic E-state index is 13.1. The van der Waals surface area contributed by atoms with Crippen LogP contribution in [-0.2, 0) is 4.74 Å². The van der Waals surface area contributed by atoms with Gasteiger partial charge in [0.1, 0.15) is 5.82 Å². The van der Waals surface area contributed by atoms with Gasteiger partial charge in [-0.3, -0.25) is 4.79 Å². The number of piperidine rings is 1. The van der Waals surface area contributed by atoms with Gasteiger partial charge in [0.2, 0.25) is 0 Å². The number of carbonyl (C=O) groups is 2. The van der Waals surface area contributed by atoms with Crippen molar-refractivity contribution in [3.8, 4) is 0 Å². The molecule has 0 spiro atoms. The molecule has 2 N–H and O–H groups in total. The molecule has 140 valence electrons. The Kier molecular flexibility index (Phi) is 9.23. The van der Waals surface area contributed by atoms with E-state index < -0.39 is 5.82 Å². The Morgan fingerprint density at radius 2 is 2.00 bits per heavy atom. The van der Waals surface area contributed by atoms with E-state index in [-0.39, 0.29) is 24.4 Å². The normalized spacial score (nSPS) is 14.6. The summed E-state index contributed by atoms with van der Waals surface area (Å²) in [5.41, 5.74) is 0.317. The number of carbonyl (C=O) groups excluding carboxylic acids is 2. The lowest BCUT2D eigenvalue weighted by Gasteiger charge is -2.31. The van der Waals surface area contributed by atoms with E-state index in [0.29, 0.717) is 44.4 Å². The van der Waals surface area contributed by atoms with Crippen LogP contribution in [0, 0.1) is 5.82 Å². The van der Waals surface area contributed by atoms with Gasteiger partial charge in [-0.05, 0) is 38.0 Å². The summed E-state index contributed by atoms with van der Waals surface area (Å²) < 4.78 is 18.1. The molecule has 25 heavy (non-hydrogen) atoms. The monoisotopic (exact) mass is 373 g/mol. The van der Waals surface area contributed by atoms with Gasteiger partial charge >= 0.3 is 6.09 Å². The lowest BCUT2D eigenvalue weighted by atomic mass is 10.1. The maximum absolute atomic E-state index is 13.1. The molecule has 1 aliphatic heterocycles. The first kappa shape index (κ1) is 21.2. The molecule has 1 aliphatic rings. The number of halogens is 2. The molecule has 0 atom stereocenters. The number of ether oxygens (including phenoxy) is 1. The fourth-order valence-electron chi connectivity index (χ4n) is 2.67. The fourth-order valence-corrected chi connectivity index (χ4v) is 2.67. The molecule has 8 heteroatoms. The zero-order valence-corrected chi connectivity index (χ0v) is 15.1. The molecule has 0 radical (unpaired) electrons. The third kappa shape index (κ3) is 6.88. The quantitative estimate of drug-likeness (QED) is 0.750. The molecule has 2 amide bonds. The molecule has 0 aliphatic carbocycles. The molecule has 1 saturated heterocycles. The fraction of sp³-hybridized carbons (Fsp3) is 0.529. The Bertz CT molecular complexity index is 566. The maximum Gasteiger partial charge on any atom is 0.409 e. The molecular weight excluding hydrogens is 349 g/mol. The van der Waals surface area contributed by atoms with Crippen LogP contribution in [0.4, 0.5) is 9.18 Å². The van der Waals surface area contributed by atoms with E-state index in [0.717, 1.165) is 12.8 Å². The van der Waals surface area contributed by atoms with Gasteiger partial charge in [-0.2, -0.15) is 0 Å². The van der Waals surface area contributed by atoms with Gasteiger partial charge in [0, 0.05) is 37.8 Å². The van der Waals surface area contributed by atoms with Crippen molar-refractivity contribution in [2.45, 2.75) is 25.8 Å². The number of nitrogens with zero attached hydrogens (tertiary/aromatic N) is 1. The predicted molar refractivity (Wildman–Crippen MR) is 95.6 cm³/mol. The molecular formula is C17H25ClFN3O3. The van der Waals surface area contributed by atoms with Crippen molar-refractivity contribution in [1.82, 2.24) is 15.5 Å². The molecule has 1 fully saturated rings. The van der Waals surface area contributed by atoms with Crippen LogP contribution < -0.4 is 10.6 Å². The summed E-state index contributed by atoms with van der Waals surface area (Å²) in [6.07, 6.45) is 1.46. The van der Waals surface area contributed by atoms with Crippen molar-refractivity contribution in [3.05, 3.63) is 35.6 Å². The summed E-state index contributed by atoms with van der Waals surface area (Å²) in [4.78, 5) is 25.2. The van der Waals surface area contributed by atoms with E-state index in [1.807, 2.05) is 0 Å². The molecule has 1 aromatic carbocycles. The van der Waals surface area contributed by atoms with Crippen LogP contribution in [0.25, 0.3) is 0 Å². The first-order valence-electron chi connectivity index (χ1n) is 8.29. The van der Waals surface area contributed by atoms with Crippen LogP contribution in [0.3, 0.4) is 0 Å². The van der Waals surface area contributed by atoms with Gasteiger partial charge in [-0.25, -0.2) is 9.18 Å². The molecule has 0 saturated carbocycles. The molecule has 2 rings (SSSR count). The van der Waals surface area contributed by atoms with Crippen molar-refractivity contribution in [3.63, 3.8) is 0 Å². The van der Waals surface area contributed by atoms with Crippen molar-refractivity contribution < 1.29 is 18.7 Å². The van der Waals surface area contributed by atoms with E-state index in [1.165, 1.54) is 18.2 Å². The standard InChI is InChI=1S/C17H24FN3O3.ClH/c1-2-24-17(23)21-10-6-15(7-11-21)19-8-9-20-16(22)13-4-3-5-14(18)12-13;/h3-5,12,15,19H,2,6-11H2,1H3,(H,20,22);1H. The number of likely N-dealkylation sites (tertiary alicyclic amines) is 1.